The van der Waals surface area contributed by atoms with Crippen molar-refractivity contribution < 1.29 is 0 Å². The summed E-state index contributed by atoms with van der Waals surface area (Å²) in [7, 11) is 0. The molecular formula is C6H11BrI. The smallest absolute Gasteiger partial charge is 0.0264 e. The molecule has 2 heteroatoms. The van der Waals surface area contributed by atoms with Gasteiger partial charge in [-0.15, -0.1) is 0 Å². The largest absolute Gasteiger partial charge is 0.0879 e. The van der Waals surface area contributed by atoms with E-state index in [1.54, 1.807) is 0 Å². The molecule has 49 valence electrons. The molecule has 0 aliphatic carbocycles. The van der Waals surface area contributed by atoms with Crippen molar-refractivity contribution in [2.45, 2.75) is 28.5 Å². The average molecular weight is 290 g/mol. The highest BCUT2D eigenvalue weighted by Crippen LogP contribution is 2.18. The molecule has 0 nitrogen and oxygen atoms in total. The first-order valence-corrected chi connectivity index (χ1v) is 4.95. The van der Waals surface area contributed by atoms with E-state index in [4.69, 9.17) is 0 Å². The summed E-state index contributed by atoms with van der Waals surface area (Å²) in [6.07, 6.45) is 2.52. The minimum Gasteiger partial charge on any atom is -0.0879 e. The molecule has 0 aromatic heterocycles. The topological polar surface area (TPSA) is 0 Å². The number of alkyl halides is 2. The van der Waals surface area contributed by atoms with E-state index in [9.17, 15) is 0 Å². The quantitative estimate of drug-likeness (QED) is 0.553. The molecule has 2 unspecified atom stereocenters. The van der Waals surface area contributed by atoms with Crippen molar-refractivity contribution in [1.29, 1.82) is 0 Å². The maximum absolute atomic E-state index is 3.87. The molecule has 0 aromatic carbocycles. The van der Waals surface area contributed by atoms with E-state index in [2.05, 4.69) is 52.4 Å². The van der Waals surface area contributed by atoms with Gasteiger partial charge in [0, 0.05) is 8.75 Å². The SMILES string of the molecule is [CH2]C(Br)C(I)CCC. The van der Waals surface area contributed by atoms with E-state index < -0.39 is 0 Å². The van der Waals surface area contributed by atoms with Crippen molar-refractivity contribution in [2.75, 3.05) is 0 Å². The van der Waals surface area contributed by atoms with Crippen molar-refractivity contribution in [3.8, 4) is 0 Å². The van der Waals surface area contributed by atoms with Crippen LogP contribution in [0.15, 0.2) is 0 Å². The average Bonchev–Trinajstić information content (AvgIpc) is 1.67. The third-order valence-corrected chi connectivity index (χ3v) is 4.07. The van der Waals surface area contributed by atoms with Crippen LogP contribution in [0.2, 0.25) is 0 Å². The van der Waals surface area contributed by atoms with Crippen molar-refractivity contribution in [1.82, 2.24) is 0 Å². The van der Waals surface area contributed by atoms with E-state index >= 15 is 0 Å². The molecule has 8 heavy (non-hydrogen) atoms. The van der Waals surface area contributed by atoms with Gasteiger partial charge in [-0.3, -0.25) is 0 Å². The van der Waals surface area contributed by atoms with Crippen LogP contribution in [0.4, 0.5) is 0 Å². The molecule has 0 heterocycles. The lowest BCUT2D eigenvalue weighted by Crippen LogP contribution is -2.08. The monoisotopic (exact) mass is 289 g/mol. The molecule has 0 bridgehead atoms. The first-order valence-electron chi connectivity index (χ1n) is 2.79. The Kier molecular flexibility index (Phi) is 5.79. The Hall–Kier alpha value is 1.21. The zero-order valence-electron chi connectivity index (χ0n) is 5.03. The summed E-state index contributed by atoms with van der Waals surface area (Å²) in [6.45, 7) is 6.06. The Balaban J connectivity index is 3.17. The maximum Gasteiger partial charge on any atom is 0.0264 e. The fourth-order valence-corrected chi connectivity index (χ4v) is 1.34. The molecule has 2 atom stereocenters. The Labute approximate surface area is 73.7 Å². The second-order valence-electron chi connectivity index (χ2n) is 1.82. The van der Waals surface area contributed by atoms with Crippen LogP contribution in [-0.4, -0.2) is 8.75 Å². The third-order valence-electron chi connectivity index (χ3n) is 0.957. The molecule has 0 fully saturated rings. The summed E-state index contributed by atoms with van der Waals surface area (Å²) in [6, 6.07) is 0. The van der Waals surface area contributed by atoms with Crippen LogP contribution in [0.25, 0.3) is 0 Å². The summed E-state index contributed by atoms with van der Waals surface area (Å²) < 4.78 is 0.692. The van der Waals surface area contributed by atoms with Gasteiger partial charge in [-0.25, -0.2) is 0 Å². The summed E-state index contributed by atoms with van der Waals surface area (Å²) in [5.41, 5.74) is 0. The van der Waals surface area contributed by atoms with Crippen LogP contribution < -0.4 is 0 Å². The second-order valence-corrected chi connectivity index (χ2v) is 4.60. The van der Waals surface area contributed by atoms with Crippen molar-refractivity contribution in [3.63, 3.8) is 0 Å². The number of rotatable bonds is 3. The van der Waals surface area contributed by atoms with E-state index in [0.29, 0.717) is 8.75 Å². The zero-order valence-corrected chi connectivity index (χ0v) is 8.78. The van der Waals surface area contributed by atoms with Crippen molar-refractivity contribution >= 4 is 38.5 Å². The van der Waals surface area contributed by atoms with Gasteiger partial charge in [0.2, 0.25) is 0 Å². The third kappa shape index (κ3) is 4.13. The van der Waals surface area contributed by atoms with Crippen molar-refractivity contribution in [3.05, 3.63) is 6.92 Å². The number of hydrogen-bond acceptors (Lipinski definition) is 0. The lowest BCUT2D eigenvalue weighted by atomic mass is 10.2. The second kappa shape index (κ2) is 5.03. The van der Waals surface area contributed by atoms with Crippen LogP contribution in [0.3, 0.4) is 0 Å². The van der Waals surface area contributed by atoms with Crippen LogP contribution in [0.1, 0.15) is 19.8 Å². The first kappa shape index (κ1) is 9.21. The number of halogens is 2. The van der Waals surface area contributed by atoms with Gasteiger partial charge in [0.1, 0.15) is 0 Å². The molecule has 0 amide bonds. The molecular weight excluding hydrogens is 279 g/mol. The summed E-state index contributed by atoms with van der Waals surface area (Å²) >= 11 is 5.84. The molecule has 1 radical (unpaired) electrons. The Bertz CT molecular complexity index is 54.5. The molecule has 0 aliphatic heterocycles. The molecule has 0 saturated heterocycles. The van der Waals surface area contributed by atoms with E-state index in [1.165, 1.54) is 12.8 Å². The highest BCUT2D eigenvalue weighted by atomic mass is 127. The van der Waals surface area contributed by atoms with Gasteiger partial charge in [-0.05, 0) is 13.3 Å². The molecule has 0 N–H and O–H groups in total. The fourth-order valence-electron chi connectivity index (χ4n) is 0.457. The van der Waals surface area contributed by atoms with Gasteiger partial charge in [0.05, 0.1) is 0 Å². The molecule has 0 saturated carbocycles. The van der Waals surface area contributed by atoms with Crippen LogP contribution >= 0.6 is 38.5 Å². The van der Waals surface area contributed by atoms with Crippen LogP contribution in [0, 0.1) is 6.92 Å². The first-order chi connectivity index (χ1) is 3.68. The number of hydrogen-bond donors (Lipinski definition) is 0. The molecule has 0 spiro atoms. The van der Waals surface area contributed by atoms with E-state index in [1.807, 2.05) is 0 Å². The van der Waals surface area contributed by atoms with Gasteiger partial charge in [0.25, 0.3) is 0 Å². The minimum atomic E-state index is 0.419. The molecule has 0 rings (SSSR count). The lowest BCUT2D eigenvalue weighted by molar-refractivity contribution is 0.779. The molecule has 0 aromatic rings. The fraction of sp³-hybridized carbons (Fsp3) is 0.833. The van der Waals surface area contributed by atoms with Gasteiger partial charge < -0.3 is 0 Å². The summed E-state index contributed by atoms with van der Waals surface area (Å²) in [5.74, 6) is 0. The molecule has 0 aliphatic rings. The zero-order chi connectivity index (χ0) is 6.57. The normalized spacial score (nSPS) is 18.0. The Morgan fingerprint density at radius 3 is 2.38 bits per heavy atom. The van der Waals surface area contributed by atoms with E-state index in [0.717, 1.165) is 0 Å². The van der Waals surface area contributed by atoms with Gasteiger partial charge in [-0.1, -0.05) is 51.9 Å². The summed E-state index contributed by atoms with van der Waals surface area (Å²) in [5, 5.41) is 0. The Morgan fingerprint density at radius 2 is 2.25 bits per heavy atom. The van der Waals surface area contributed by atoms with Crippen LogP contribution in [0.5, 0.6) is 0 Å². The maximum atomic E-state index is 3.87. The van der Waals surface area contributed by atoms with Crippen LogP contribution in [-0.2, 0) is 0 Å². The van der Waals surface area contributed by atoms with Gasteiger partial charge in [0.15, 0.2) is 0 Å². The summed E-state index contributed by atoms with van der Waals surface area (Å²) in [4.78, 5) is 0.419. The standard InChI is InChI=1S/C6H11BrI/c1-3-4-6(8)5(2)7/h5-6H,2-4H2,1H3. The van der Waals surface area contributed by atoms with E-state index in [-0.39, 0.29) is 0 Å². The predicted molar refractivity (Wildman–Crippen MR) is 50.8 cm³/mol. The predicted octanol–water partition coefficient (Wildman–Crippen LogP) is 3.19. The minimum absolute atomic E-state index is 0.419. The Morgan fingerprint density at radius 1 is 1.75 bits per heavy atom. The lowest BCUT2D eigenvalue weighted by Gasteiger charge is -2.08. The van der Waals surface area contributed by atoms with Gasteiger partial charge in [-0.2, -0.15) is 0 Å². The van der Waals surface area contributed by atoms with Gasteiger partial charge >= 0.3 is 0 Å². The highest BCUT2D eigenvalue weighted by molar-refractivity contribution is 14.1. The highest BCUT2D eigenvalue weighted by Gasteiger charge is 2.07. The van der Waals surface area contributed by atoms with Crippen molar-refractivity contribution in [2.24, 2.45) is 0 Å².